The molecule has 0 aliphatic rings. The average molecular weight is 205 g/mol. The number of aromatic nitrogens is 3. The second kappa shape index (κ2) is 3.68. The van der Waals surface area contributed by atoms with E-state index in [4.69, 9.17) is 5.11 Å². The van der Waals surface area contributed by atoms with Crippen molar-refractivity contribution in [3.8, 4) is 0 Å². The van der Waals surface area contributed by atoms with Gasteiger partial charge in [-0.1, -0.05) is 6.92 Å². The van der Waals surface area contributed by atoms with Crippen molar-refractivity contribution in [2.24, 2.45) is 0 Å². The number of carbonyl (C=O) groups is 1. The van der Waals surface area contributed by atoms with Crippen LogP contribution in [-0.4, -0.2) is 26.0 Å². The Morgan fingerprint density at radius 2 is 2.47 bits per heavy atom. The highest BCUT2D eigenvalue weighted by atomic mass is 16.4. The van der Waals surface area contributed by atoms with E-state index in [1.807, 2.05) is 6.92 Å². The van der Waals surface area contributed by atoms with E-state index in [2.05, 4.69) is 15.0 Å². The third kappa shape index (κ3) is 1.81. The first-order chi connectivity index (χ1) is 7.18. The minimum atomic E-state index is -0.798. The molecule has 0 aliphatic heterocycles. The number of carboxylic acids is 1. The Morgan fingerprint density at radius 3 is 3.20 bits per heavy atom. The number of nitrogens with one attached hydrogen (secondary N) is 1. The number of H-pyrrole nitrogens is 1. The SMILES string of the molecule is CC(CC(=O)O)c1c[nH]c2ncncc12. The third-order valence-corrected chi connectivity index (χ3v) is 2.40. The second-order valence-electron chi connectivity index (χ2n) is 3.53. The van der Waals surface area contributed by atoms with Crippen LogP contribution in [0.3, 0.4) is 0 Å². The summed E-state index contributed by atoms with van der Waals surface area (Å²) >= 11 is 0. The number of hydrogen-bond acceptors (Lipinski definition) is 3. The summed E-state index contributed by atoms with van der Waals surface area (Å²) in [7, 11) is 0. The molecule has 0 amide bonds. The van der Waals surface area contributed by atoms with E-state index in [-0.39, 0.29) is 12.3 Å². The average Bonchev–Trinajstić information content (AvgIpc) is 2.59. The van der Waals surface area contributed by atoms with Gasteiger partial charge >= 0.3 is 5.97 Å². The summed E-state index contributed by atoms with van der Waals surface area (Å²) in [6, 6.07) is 0. The number of rotatable bonds is 3. The fourth-order valence-electron chi connectivity index (χ4n) is 1.66. The summed E-state index contributed by atoms with van der Waals surface area (Å²) in [5.41, 5.74) is 1.70. The summed E-state index contributed by atoms with van der Waals surface area (Å²) in [4.78, 5) is 21.6. The number of nitrogens with zero attached hydrogens (tertiary/aromatic N) is 2. The van der Waals surface area contributed by atoms with Crippen LogP contribution in [-0.2, 0) is 4.79 Å². The summed E-state index contributed by atoms with van der Waals surface area (Å²) in [5, 5.41) is 9.61. The zero-order valence-corrected chi connectivity index (χ0v) is 8.27. The van der Waals surface area contributed by atoms with Crippen molar-refractivity contribution in [1.29, 1.82) is 0 Å². The maximum atomic E-state index is 10.6. The minimum absolute atomic E-state index is 0.0396. The van der Waals surface area contributed by atoms with Gasteiger partial charge in [-0.25, -0.2) is 9.97 Å². The molecule has 0 bridgehead atoms. The molecule has 1 atom stereocenters. The number of hydrogen-bond donors (Lipinski definition) is 2. The van der Waals surface area contributed by atoms with Crippen LogP contribution < -0.4 is 0 Å². The molecular formula is C10H11N3O2. The number of fused-ring (bicyclic) bond motifs is 1. The van der Waals surface area contributed by atoms with Gasteiger partial charge in [-0.3, -0.25) is 4.79 Å². The normalized spacial score (nSPS) is 12.9. The molecule has 2 rings (SSSR count). The van der Waals surface area contributed by atoms with Gasteiger partial charge in [0.05, 0.1) is 6.42 Å². The molecule has 2 heterocycles. The van der Waals surface area contributed by atoms with Crippen molar-refractivity contribution in [3.05, 3.63) is 24.3 Å². The molecule has 15 heavy (non-hydrogen) atoms. The monoisotopic (exact) mass is 205 g/mol. The number of aliphatic carboxylic acids is 1. The van der Waals surface area contributed by atoms with E-state index >= 15 is 0 Å². The van der Waals surface area contributed by atoms with Gasteiger partial charge in [-0.2, -0.15) is 0 Å². The van der Waals surface area contributed by atoms with Gasteiger partial charge in [-0.05, 0) is 11.5 Å². The fraction of sp³-hybridized carbons (Fsp3) is 0.300. The standard InChI is InChI=1S/C10H11N3O2/c1-6(2-9(14)15)7-4-12-10-8(7)3-11-5-13-10/h3-6H,2H2,1H3,(H,14,15)(H,11,12,13). The van der Waals surface area contributed by atoms with E-state index in [0.717, 1.165) is 16.6 Å². The number of aromatic amines is 1. The lowest BCUT2D eigenvalue weighted by Crippen LogP contribution is -2.02. The van der Waals surface area contributed by atoms with Gasteiger partial charge in [-0.15, -0.1) is 0 Å². The Bertz CT molecular complexity index is 492. The Morgan fingerprint density at radius 1 is 1.67 bits per heavy atom. The lowest BCUT2D eigenvalue weighted by atomic mass is 9.99. The number of carboxylic acid groups (broad SMARTS) is 1. The highest BCUT2D eigenvalue weighted by Crippen LogP contribution is 2.25. The molecule has 5 heteroatoms. The molecule has 2 aromatic heterocycles. The molecule has 0 aliphatic carbocycles. The smallest absolute Gasteiger partial charge is 0.303 e. The Kier molecular flexibility index (Phi) is 2.37. The van der Waals surface area contributed by atoms with Crippen molar-refractivity contribution in [3.63, 3.8) is 0 Å². The topological polar surface area (TPSA) is 78.9 Å². The molecule has 2 aromatic rings. The van der Waals surface area contributed by atoms with Crippen molar-refractivity contribution in [2.45, 2.75) is 19.3 Å². The van der Waals surface area contributed by atoms with Gasteiger partial charge in [0.15, 0.2) is 0 Å². The molecule has 5 nitrogen and oxygen atoms in total. The Labute approximate surface area is 86.2 Å². The van der Waals surface area contributed by atoms with Crippen LogP contribution in [0.2, 0.25) is 0 Å². The quantitative estimate of drug-likeness (QED) is 0.796. The third-order valence-electron chi connectivity index (χ3n) is 2.40. The van der Waals surface area contributed by atoms with E-state index < -0.39 is 5.97 Å². The zero-order chi connectivity index (χ0) is 10.8. The fourth-order valence-corrected chi connectivity index (χ4v) is 1.66. The van der Waals surface area contributed by atoms with E-state index in [1.54, 1.807) is 12.4 Å². The molecule has 0 aromatic carbocycles. The van der Waals surface area contributed by atoms with Crippen molar-refractivity contribution >= 4 is 17.0 Å². The van der Waals surface area contributed by atoms with E-state index in [9.17, 15) is 4.79 Å². The highest BCUT2D eigenvalue weighted by Gasteiger charge is 2.14. The van der Waals surface area contributed by atoms with Crippen LogP contribution in [0, 0.1) is 0 Å². The molecule has 0 saturated heterocycles. The molecule has 2 N–H and O–H groups in total. The van der Waals surface area contributed by atoms with Crippen LogP contribution >= 0.6 is 0 Å². The van der Waals surface area contributed by atoms with Crippen molar-refractivity contribution in [1.82, 2.24) is 15.0 Å². The summed E-state index contributed by atoms with van der Waals surface area (Å²) in [6.45, 7) is 1.88. The molecule has 1 unspecified atom stereocenters. The molecule has 0 saturated carbocycles. The van der Waals surface area contributed by atoms with Gasteiger partial charge in [0, 0.05) is 17.8 Å². The van der Waals surface area contributed by atoms with Crippen molar-refractivity contribution < 1.29 is 9.90 Å². The summed E-state index contributed by atoms with van der Waals surface area (Å²) in [5.74, 6) is -0.837. The Hall–Kier alpha value is -1.91. The summed E-state index contributed by atoms with van der Waals surface area (Å²) in [6.07, 6.45) is 5.08. The maximum absolute atomic E-state index is 10.6. The minimum Gasteiger partial charge on any atom is -0.481 e. The lowest BCUT2D eigenvalue weighted by molar-refractivity contribution is -0.137. The van der Waals surface area contributed by atoms with Crippen LogP contribution in [0.1, 0.15) is 24.8 Å². The van der Waals surface area contributed by atoms with Gasteiger partial charge in [0.25, 0.3) is 0 Å². The van der Waals surface area contributed by atoms with E-state index in [0.29, 0.717) is 0 Å². The first kappa shape index (κ1) is 9.64. The maximum Gasteiger partial charge on any atom is 0.303 e. The predicted molar refractivity (Wildman–Crippen MR) is 54.6 cm³/mol. The summed E-state index contributed by atoms with van der Waals surface area (Å²) < 4.78 is 0. The first-order valence-corrected chi connectivity index (χ1v) is 4.67. The van der Waals surface area contributed by atoms with E-state index in [1.165, 1.54) is 6.33 Å². The molecule has 0 fully saturated rings. The highest BCUT2D eigenvalue weighted by molar-refractivity contribution is 5.80. The van der Waals surface area contributed by atoms with Crippen LogP contribution in [0.15, 0.2) is 18.7 Å². The van der Waals surface area contributed by atoms with Crippen LogP contribution in [0.25, 0.3) is 11.0 Å². The molecular weight excluding hydrogens is 194 g/mol. The molecule has 0 radical (unpaired) electrons. The largest absolute Gasteiger partial charge is 0.481 e. The van der Waals surface area contributed by atoms with Crippen LogP contribution in [0.4, 0.5) is 0 Å². The van der Waals surface area contributed by atoms with Gasteiger partial charge in [0.1, 0.15) is 12.0 Å². The van der Waals surface area contributed by atoms with Gasteiger partial charge < -0.3 is 10.1 Å². The predicted octanol–water partition coefficient (Wildman–Crippen LogP) is 1.54. The second-order valence-corrected chi connectivity index (χ2v) is 3.53. The molecule has 78 valence electrons. The van der Waals surface area contributed by atoms with Crippen molar-refractivity contribution in [2.75, 3.05) is 0 Å². The zero-order valence-electron chi connectivity index (χ0n) is 8.27. The molecule has 0 spiro atoms. The van der Waals surface area contributed by atoms with Crippen LogP contribution in [0.5, 0.6) is 0 Å². The lowest BCUT2D eigenvalue weighted by Gasteiger charge is -2.06. The Balaban J connectivity index is 2.39. The first-order valence-electron chi connectivity index (χ1n) is 4.67. The van der Waals surface area contributed by atoms with Gasteiger partial charge in [0.2, 0.25) is 0 Å².